The summed E-state index contributed by atoms with van der Waals surface area (Å²) in [5, 5.41) is 6.45. The summed E-state index contributed by atoms with van der Waals surface area (Å²) in [7, 11) is -2.83. The lowest BCUT2D eigenvalue weighted by Gasteiger charge is -2.36. The second-order valence-electron chi connectivity index (χ2n) is 17.2. The zero-order valence-corrected chi connectivity index (χ0v) is 37.3. The van der Waals surface area contributed by atoms with Crippen molar-refractivity contribution in [3.05, 3.63) is 96.5 Å². The molecule has 4 atom stereocenters. The van der Waals surface area contributed by atoms with Crippen LogP contribution in [0.3, 0.4) is 0 Å². The van der Waals surface area contributed by atoms with Crippen LogP contribution in [0.2, 0.25) is 5.02 Å². The van der Waals surface area contributed by atoms with Gasteiger partial charge in [0.2, 0.25) is 11.8 Å². The second kappa shape index (κ2) is 18.5. The molecule has 1 aromatic heterocycles. The molecule has 61 heavy (non-hydrogen) atoms. The molecule has 16 heteroatoms. The highest BCUT2D eigenvalue weighted by Gasteiger charge is 2.48. The normalized spacial score (nSPS) is 17.1. The minimum atomic E-state index is -4.39. The number of halogens is 1. The van der Waals surface area contributed by atoms with E-state index in [1.54, 1.807) is 66.9 Å². The van der Waals surface area contributed by atoms with Crippen LogP contribution in [0.1, 0.15) is 67.7 Å². The maximum absolute atomic E-state index is 14.8. The number of benzene rings is 3. The molecule has 3 aromatic carbocycles. The van der Waals surface area contributed by atoms with Crippen molar-refractivity contribution < 1.29 is 41.8 Å². The number of carbonyl (C=O) groups excluding carboxylic acids is 4. The van der Waals surface area contributed by atoms with Crippen LogP contribution in [0.5, 0.6) is 11.5 Å². The van der Waals surface area contributed by atoms with Gasteiger partial charge < -0.3 is 29.7 Å². The van der Waals surface area contributed by atoms with Crippen LogP contribution in [0, 0.1) is 5.41 Å². The molecule has 0 aliphatic carbocycles. The van der Waals surface area contributed by atoms with Crippen molar-refractivity contribution in [3.8, 4) is 22.8 Å². The number of nitrogens with one attached hydrogen (secondary N) is 3. The number of allylic oxidation sites excluding steroid dienone is 1. The average Bonchev–Trinajstić information content (AvgIpc) is 3.62. The molecule has 14 nitrogen and oxygen atoms in total. The molecule has 1 aliphatic heterocycles. The topological polar surface area (TPSA) is 182 Å². The summed E-state index contributed by atoms with van der Waals surface area (Å²) in [4.78, 5) is 62.5. The first-order chi connectivity index (χ1) is 28.5. The van der Waals surface area contributed by atoms with Gasteiger partial charge in [-0.1, -0.05) is 68.8 Å². The van der Waals surface area contributed by atoms with E-state index in [-0.39, 0.29) is 30.7 Å². The van der Waals surface area contributed by atoms with Crippen molar-refractivity contribution in [2.24, 2.45) is 5.41 Å². The molecule has 1 fully saturated rings. The number of ether oxygens (including phenoxy) is 3. The summed E-state index contributed by atoms with van der Waals surface area (Å²) in [5.74, 6) is -1.33. The highest BCUT2D eigenvalue weighted by Crippen LogP contribution is 2.35. The van der Waals surface area contributed by atoms with E-state index in [0.717, 1.165) is 5.56 Å². The molecule has 5 rings (SSSR count). The van der Waals surface area contributed by atoms with Gasteiger partial charge in [-0.2, -0.15) is 0 Å². The lowest BCUT2D eigenvalue weighted by Crippen LogP contribution is -2.62. The Morgan fingerprint density at radius 1 is 0.967 bits per heavy atom. The van der Waals surface area contributed by atoms with Gasteiger partial charge in [0.05, 0.1) is 29.8 Å². The molecule has 4 aromatic rings. The molecular formula is C45H54ClN5O9S. The van der Waals surface area contributed by atoms with Crippen LogP contribution in [-0.4, -0.2) is 85.1 Å². The number of methoxy groups -OCH3 is 1. The highest BCUT2D eigenvalue weighted by atomic mass is 35.5. The fourth-order valence-corrected chi connectivity index (χ4v) is 8.05. The SMILES string of the molecule is C=CCCC(C)(NC(=O)C1CC(Oc2cc(-c3ccccc3)nc3cc(OC)ccc23)CN1C(=O)C(NC(=O)OC(C)(C)C)C(C)(C)C)C(=O)NS(=O)(=O)c1ccc(Cl)cc1. The summed E-state index contributed by atoms with van der Waals surface area (Å²) >= 11 is 5.96. The summed E-state index contributed by atoms with van der Waals surface area (Å²) in [6.45, 7) is 15.5. The zero-order valence-electron chi connectivity index (χ0n) is 35.7. The standard InChI is InChI=1S/C45H54ClN5O9S/c1-10-11-23-45(8,41(54)50-61(56,57)32-20-17-29(46)18-21-32)49-39(52)36-25-31(27-51(36)40(53)38(43(2,3)4)48-42(55)60-44(5,6)7)59-37-26-34(28-15-13-12-14-16-28)47-35-24-30(58-9)19-22-33(35)37/h10,12-22,24,26,31,36,38H,1,11,23,25,27H2,2-9H3,(H,48,55)(H,49,52)(H,50,54). The van der Waals surface area contributed by atoms with Gasteiger partial charge in [-0.3, -0.25) is 14.4 Å². The van der Waals surface area contributed by atoms with Crippen LogP contribution < -0.4 is 24.8 Å². The van der Waals surface area contributed by atoms with Gasteiger partial charge in [-0.05, 0) is 82.3 Å². The Morgan fingerprint density at radius 3 is 2.25 bits per heavy atom. The van der Waals surface area contributed by atoms with Gasteiger partial charge in [0.25, 0.3) is 15.9 Å². The predicted octanol–water partition coefficient (Wildman–Crippen LogP) is 7.20. The van der Waals surface area contributed by atoms with Gasteiger partial charge in [0, 0.05) is 34.5 Å². The van der Waals surface area contributed by atoms with Gasteiger partial charge >= 0.3 is 6.09 Å². The Hall–Kier alpha value is -5.67. The third-order valence-electron chi connectivity index (χ3n) is 10.1. The molecule has 1 saturated heterocycles. The Kier molecular flexibility index (Phi) is 14.1. The average molecular weight is 876 g/mol. The number of alkyl carbamates (subject to hydrolysis) is 1. The number of pyridine rings is 1. The van der Waals surface area contributed by atoms with E-state index in [1.165, 1.54) is 42.2 Å². The Balaban J connectivity index is 1.53. The number of nitrogens with zero attached hydrogens (tertiary/aromatic N) is 2. The molecule has 0 bridgehead atoms. The Bertz CT molecular complexity index is 2380. The Labute approximate surface area is 362 Å². The molecule has 4 amide bonds. The van der Waals surface area contributed by atoms with Gasteiger partial charge in [0.15, 0.2) is 0 Å². The second-order valence-corrected chi connectivity index (χ2v) is 19.3. The molecule has 0 radical (unpaired) electrons. The van der Waals surface area contributed by atoms with E-state index in [9.17, 15) is 27.6 Å². The first-order valence-electron chi connectivity index (χ1n) is 19.8. The number of hydrogen-bond donors (Lipinski definition) is 3. The molecule has 4 unspecified atom stereocenters. The summed E-state index contributed by atoms with van der Waals surface area (Å²) in [5.41, 5.74) is -1.51. The summed E-state index contributed by atoms with van der Waals surface area (Å²) in [6.07, 6.45) is 0.0801. The van der Waals surface area contributed by atoms with Crippen LogP contribution >= 0.6 is 11.6 Å². The summed E-state index contributed by atoms with van der Waals surface area (Å²) < 4.78 is 46.5. The molecule has 3 N–H and O–H groups in total. The first-order valence-corrected chi connectivity index (χ1v) is 21.7. The number of hydrogen-bond acceptors (Lipinski definition) is 10. The van der Waals surface area contributed by atoms with E-state index >= 15 is 0 Å². The molecular weight excluding hydrogens is 822 g/mol. The fourth-order valence-electron chi connectivity index (χ4n) is 6.84. The molecule has 0 spiro atoms. The van der Waals surface area contributed by atoms with E-state index < -0.39 is 68.6 Å². The monoisotopic (exact) mass is 875 g/mol. The van der Waals surface area contributed by atoms with E-state index in [1.807, 2.05) is 36.4 Å². The highest BCUT2D eigenvalue weighted by molar-refractivity contribution is 7.90. The molecule has 1 aliphatic rings. The number of sulfonamides is 1. The fraction of sp³-hybridized carbons (Fsp3) is 0.400. The van der Waals surface area contributed by atoms with Gasteiger partial charge in [-0.25, -0.2) is 22.9 Å². The van der Waals surface area contributed by atoms with Crippen molar-refractivity contribution >= 4 is 56.3 Å². The van der Waals surface area contributed by atoms with Gasteiger partial charge in [-0.15, -0.1) is 6.58 Å². The van der Waals surface area contributed by atoms with E-state index in [4.69, 9.17) is 30.8 Å². The Morgan fingerprint density at radius 2 is 1.64 bits per heavy atom. The lowest BCUT2D eigenvalue weighted by molar-refractivity contribution is -0.143. The van der Waals surface area contributed by atoms with Crippen molar-refractivity contribution in [2.45, 2.75) is 102 Å². The third kappa shape index (κ3) is 11.6. The number of amides is 4. The van der Waals surface area contributed by atoms with Crippen LogP contribution in [-0.2, 0) is 29.1 Å². The smallest absolute Gasteiger partial charge is 0.408 e. The molecule has 326 valence electrons. The first kappa shape index (κ1) is 46.4. The summed E-state index contributed by atoms with van der Waals surface area (Å²) in [6, 6.07) is 19.5. The van der Waals surface area contributed by atoms with Crippen molar-refractivity contribution in [2.75, 3.05) is 13.7 Å². The predicted molar refractivity (Wildman–Crippen MR) is 234 cm³/mol. The zero-order chi connectivity index (χ0) is 44.9. The quantitative estimate of drug-likeness (QED) is 0.110. The number of likely N-dealkylation sites (tertiary alicyclic amines) is 1. The maximum atomic E-state index is 14.8. The third-order valence-corrected chi connectivity index (χ3v) is 11.7. The minimum absolute atomic E-state index is 0.0373. The van der Waals surface area contributed by atoms with Crippen molar-refractivity contribution in [3.63, 3.8) is 0 Å². The molecule has 2 heterocycles. The number of aromatic nitrogens is 1. The van der Waals surface area contributed by atoms with Crippen molar-refractivity contribution in [1.82, 2.24) is 25.2 Å². The minimum Gasteiger partial charge on any atom is -0.497 e. The largest absolute Gasteiger partial charge is 0.497 e. The van der Waals surface area contributed by atoms with Crippen LogP contribution in [0.25, 0.3) is 22.2 Å². The van der Waals surface area contributed by atoms with Gasteiger partial charge in [0.1, 0.15) is 40.8 Å². The van der Waals surface area contributed by atoms with E-state index in [0.29, 0.717) is 33.1 Å². The van der Waals surface area contributed by atoms with E-state index in [2.05, 4.69) is 21.9 Å². The number of fused-ring (bicyclic) bond motifs is 1. The number of carbonyl (C=O) groups is 4. The lowest BCUT2D eigenvalue weighted by atomic mass is 9.85. The maximum Gasteiger partial charge on any atom is 0.408 e. The van der Waals surface area contributed by atoms with Crippen LogP contribution in [0.4, 0.5) is 4.79 Å². The van der Waals surface area contributed by atoms with Crippen LogP contribution in [0.15, 0.2) is 96.4 Å². The molecule has 0 saturated carbocycles. The number of rotatable bonds is 14. The van der Waals surface area contributed by atoms with Crippen molar-refractivity contribution in [1.29, 1.82) is 0 Å².